The minimum Gasteiger partial charge on any atom is -0.385 e. The predicted molar refractivity (Wildman–Crippen MR) is 72.9 cm³/mol. The van der Waals surface area contributed by atoms with Gasteiger partial charge in [0.25, 0.3) is 0 Å². The van der Waals surface area contributed by atoms with Crippen molar-refractivity contribution in [3.05, 3.63) is 60.7 Å². The van der Waals surface area contributed by atoms with Gasteiger partial charge in [0.05, 0.1) is 5.60 Å². The van der Waals surface area contributed by atoms with Crippen molar-refractivity contribution in [2.75, 3.05) is 0 Å². The van der Waals surface area contributed by atoms with Crippen LogP contribution in [0, 0.1) is 0 Å². The molecule has 1 N–H and O–H groups in total. The Morgan fingerprint density at radius 1 is 1.18 bits per heavy atom. The molecule has 0 aliphatic heterocycles. The summed E-state index contributed by atoms with van der Waals surface area (Å²) in [6.07, 6.45) is 3.36. The highest BCUT2D eigenvalue weighted by Crippen LogP contribution is 2.31. The van der Waals surface area contributed by atoms with Crippen molar-refractivity contribution in [2.45, 2.75) is 25.4 Å². The number of allylic oxidation sites excluding steroid dienone is 1. The molecule has 2 aromatic rings. The number of rotatable bonds is 4. The van der Waals surface area contributed by atoms with Crippen LogP contribution in [0.15, 0.2) is 55.1 Å². The Labute approximate surface area is 102 Å². The summed E-state index contributed by atoms with van der Waals surface area (Å²) >= 11 is 0. The summed E-state index contributed by atoms with van der Waals surface area (Å²) in [4.78, 5) is 0. The summed E-state index contributed by atoms with van der Waals surface area (Å²) in [5, 5.41) is 12.9. The lowest BCUT2D eigenvalue weighted by Crippen LogP contribution is -2.21. The maximum atomic E-state index is 10.6. The smallest absolute Gasteiger partial charge is 0.0877 e. The Balaban J connectivity index is 2.50. The van der Waals surface area contributed by atoms with Crippen LogP contribution in [0.1, 0.15) is 25.3 Å². The van der Waals surface area contributed by atoms with Crippen LogP contribution in [0.3, 0.4) is 0 Å². The zero-order valence-corrected chi connectivity index (χ0v) is 10.2. The fourth-order valence-corrected chi connectivity index (χ4v) is 2.21. The molecule has 1 unspecified atom stereocenters. The number of hydrogen-bond acceptors (Lipinski definition) is 1. The van der Waals surface area contributed by atoms with E-state index in [9.17, 15) is 5.11 Å². The Kier molecular flexibility index (Phi) is 3.30. The third-order valence-corrected chi connectivity index (χ3v) is 3.21. The van der Waals surface area contributed by atoms with Gasteiger partial charge in [0.1, 0.15) is 0 Å². The molecule has 17 heavy (non-hydrogen) atoms. The molecule has 0 spiro atoms. The van der Waals surface area contributed by atoms with Crippen LogP contribution < -0.4 is 0 Å². The van der Waals surface area contributed by atoms with E-state index in [0.717, 1.165) is 17.4 Å². The second kappa shape index (κ2) is 4.72. The molecule has 0 bridgehead atoms. The first-order valence-corrected chi connectivity index (χ1v) is 5.97. The summed E-state index contributed by atoms with van der Waals surface area (Å²) in [5.41, 5.74) is 0.201. The fraction of sp³-hybridized carbons (Fsp3) is 0.250. The van der Waals surface area contributed by atoms with Crippen LogP contribution in [-0.4, -0.2) is 5.11 Å². The third kappa shape index (κ3) is 2.40. The Bertz CT molecular complexity index is 521. The van der Waals surface area contributed by atoms with Gasteiger partial charge in [0.15, 0.2) is 0 Å². The fourth-order valence-electron chi connectivity index (χ4n) is 2.21. The average molecular weight is 226 g/mol. The van der Waals surface area contributed by atoms with Crippen LogP contribution in [-0.2, 0) is 5.60 Å². The SMILES string of the molecule is C=CCCC(C)(O)c1cccc2ccccc12. The van der Waals surface area contributed by atoms with E-state index in [1.165, 1.54) is 5.39 Å². The zero-order valence-electron chi connectivity index (χ0n) is 10.2. The molecule has 1 atom stereocenters. The maximum Gasteiger partial charge on any atom is 0.0877 e. The van der Waals surface area contributed by atoms with Crippen LogP contribution >= 0.6 is 0 Å². The van der Waals surface area contributed by atoms with E-state index in [2.05, 4.69) is 24.8 Å². The lowest BCUT2D eigenvalue weighted by atomic mass is 9.87. The Morgan fingerprint density at radius 3 is 2.65 bits per heavy atom. The van der Waals surface area contributed by atoms with E-state index in [1.54, 1.807) is 0 Å². The molecule has 0 aliphatic rings. The standard InChI is InChI=1S/C16H18O/c1-3-4-12-16(2,17)15-11-7-9-13-8-5-6-10-14(13)15/h3,5-11,17H,1,4,12H2,2H3. The number of aliphatic hydroxyl groups is 1. The normalized spacial score (nSPS) is 14.5. The molecular formula is C16H18O. The second-order valence-electron chi connectivity index (χ2n) is 4.63. The van der Waals surface area contributed by atoms with Gasteiger partial charge >= 0.3 is 0 Å². The van der Waals surface area contributed by atoms with E-state index < -0.39 is 5.60 Å². The van der Waals surface area contributed by atoms with Crippen molar-refractivity contribution in [1.29, 1.82) is 0 Å². The van der Waals surface area contributed by atoms with E-state index >= 15 is 0 Å². The average Bonchev–Trinajstić information content (AvgIpc) is 2.36. The summed E-state index contributed by atoms with van der Waals surface area (Å²) < 4.78 is 0. The van der Waals surface area contributed by atoms with Gasteiger partial charge in [0, 0.05) is 0 Å². The lowest BCUT2D eigenvalue weighted by molar-refractivity contribution is 0.0503. The first kappa shape index (κ1) is 11.9. The minimum atomic E-state index is -0.797. The summed E-state index contributed by atoms with van der Waals surface area (Å²) in [6.45, 7) is 5.58. The molecule has 0 saturated heterocycles. The molecule has 0 amide bonds. The number of fused-ring (bicyclic) bond motifs is 1. The topological polar surface area (TPSA) is 20.2 Å². The van der Waals surface area contributed by atoms with Crippen molar-refractivity contribution in [1.82, 2.24) is 0 Å². The first-order chi connectivity index (χ1) is 8.15. The third-order valence-electron chi connectivity index (χ3n) is 3.21. The van der Waals surface area contributed by atoms with Gasteiger partial charge in [-0.15, -0.1) is 6.58 Å². The van der Waals surface area contributed by atoms with Crippen molar-refractivity contribution < 1.29 is 5.11 Å². The molecule has 0 heterocycles. The van der Waals surface area contributed by atoms with Crippen LogP contribution in [0.4, 0.5) is 0 Å². The van der Waals surface area contributed by atoms with Gasteiger partial charge in [-0.3, -0.25) is 0 Å². The largest absolute Gasteiger partial charge is 0.385 e. The molecule has 2 aromatic carbocycles. The maximum absolute atomic E-state index is 10.6. The van der Waals surface area contributed by atoms with Gasteiger partial charge in [-0.25, -0.2) is 0 Å². The van der Waals surface area contributed by atoms with E-state index in [-0.39, 0.29) is 0 Å². The van der Waals surface area contributed by atoms with Gasteiger partial charge in [-0.1, -0.05) is 48.5 Å². The van der Waals surface area contributed by atoms with Crippen molar-refractivity contribution in [2.24, 2.45) is 0 Å². The van der Waals surface area contributed by atoms with E-state index in [1.807, 2.05) is 37.3 Å². The van der Waals surface area contributed by atoms with Crippen LogP contribution in [0.2, 0.25) is 0 Å². The molecular weight excluding hydrogens is 208 g/mol. The van der Waals surface area contributed by atoms with E-state index in [0.29, 0.717) is 6.42 Å². The molecule has 1 nitrogen and oxygen atoms in total. The summed E-state index contributed by atoms with van der Waals surface area (Å²) in [7, 11) is 0. The minimum absolute atomic E-state index is 0.699. The van der Waals surface area contributed by atoms with Crippen molar-refractivity contribution >= 4 is 10.8 Å². The van der Waals surface area contributed by atoms with Crippen molar-refractivity contribution in [3.8, 4) is 0 Å². The molecule has 0 aromatic heterocycles. The van der Waals surface area contributed by atoms with Gasteiger partial charge < -0.3 is 5.11 Å². The molecule has 0 aliphatic carbocycles. The zero-order chi connectivity index (χ0) is 12.3. The Hall–Kier alpha value is -1.60. The van der Waals surface area contributed by atoms with E-state index in [4.69, 9.17) is 0 Å². The second-order valence-corrected chi connectivity index (χ2v) is 4.63. The summed E-state index contributed by atoms with van der Waals surface area (Å²) in [5.74, 6) is 0. The van der Waals surface area contributed by atoms with Gasteiger partial charge in [-0.2, -0.15) is 0 Å². The number of benzene rings is 2. The van der Waals surface area contributed by atoms with Crippen LogP contribution in [0.25, 0.3) is 10.8 Å². The molecule has 2 rings (SSSR count). The quantitative estimate of drug-likeness (QED) is 0.781. The summed E-state index contributed by atoms with van der Waals surface area (Å²) in [6, 6.07) is 14.2. The molecule has 88 valence electrons. The molecule has 1 heteroatoms. The lowest BCUT2D eigenvalue weighted by Gasteiger charge is -2.25. The highest BCUT2D eigenvalue weighted by atomic mass is 16.3. The Morgan fingerprint density at radius 2 is 1.88 bits per heavy atom. The van der Waals surface area contributed by atoms with Crippen LogP contribution in [0.5, 0.6) is 0 Å². The molecule has 0 radical (unpaired) electrons. The highest BCUT2D eigenvalue weighted by molar-refractivity contribution is 5.86. The molecule has 0 fully saturated rings. The monoisotopic (exact) mass is 226 g/mol. The van der Waals surface area contributed by atoms with Crippen molar-refractivity contribution in [3.63, 3.8) is 0 Å². The van der Waals surface area contributed by atoms with Gasteiger partial charge in [-0.05, 0) is 36.1 Å². The first-order valence-electron chi connectivity index (χ1n) is 5.97. The predicted octanol–water partition coefficient (Wildman–Crippen LogP) is 4.01. The highest BCUT2D eigenvalue weighted by Gasteiger charge is 2.23. The number of hydrogen-bond donors (Lipinski definition) is 1. The van der Waals surface area contributed by atoms with Gasteiger partial charge in [0.2, 0.25) is 0 Å². The molecule has 0 saturated carbocycles.